The molecule has 0 aliphatic rings. The predicted octanol–water partition coefficient (Wildman–Crippen LogP) is 3.24. The molecule has 0 saturated carbocycles. The van der Waals surface area contributed by atoms with Crippen LogP contribution in [0.2, 0.25) is 0 Å². The Hall–Kier alpha value is -3.74. The largest absolute Gasteiger partial charge is 0.392 e. The Kier molecular flexibility index (Phi) is 4.03. The van der Waals surface area contributed by atoms with Crippen LogP contribution in [0.1, 0.15) is 1.43 Å². The van der Waals surface area contributed by atoms with Crippen LogP contribution in [0.4, 0.5) is 5.95 Å². The van der Waals surface area contributed by atoms with Gasteiger partial charge in [-0.3, -0.25) is 4.98 Å². The second-order valence-corrected chi connectivity index (χ2v) is 5.60. The van der Waals surface area contributed by atoms with Gasteiger partial charge < -0.3 is 10.6 Å². The monoisotopic (exact) mass is 345 g/mol. The second kappa shape index (κ2) is 6.64. The van der Waals surface area contributed by atoms with Gasteiger partial charge in [-0.25, -0.2) is 14.5 Å². The zero-order chi connectivity index (χ0) is 17.9. The van der Waals surface area contributed by atoms with Crippen molar-refractivity contribution in [3.05, 3.63) is 73.5 Å². The summed E-state index contributed by atoms with van der Waals surface area (Å²) in [7, 11) is 1.82. The Labute approximate surface area is 151 Å². The van der Waals surface area contributed by atoms with Crippen molar-refractivity contribution in [2.75, 3.05) is 12.4 Å². The smallest absolute Gasteiger partial charge is 0.245 e. The number of rotatable bonds is 5. The average molecular weight is 345 g/mol. The molecule has 130 valence electrons. The van der Waals surface area contributed by atoms with E-state index >= 15 is 0 Å². The predicted molar refractivity (Wildman–Crippen MR) is 105 cm³/mol. The first kappa shape index (κ1) is 15.8. The first-order valence-corrected chi connectivity index (χ1v) is 8.12. The molecule has 7 nitrogen and oxygen atoms in total. The molecule has 0 spiro atoms. The fraction of sp³-hybridized carbons (Fsp3) is 0.0526. The van der Waals surface area contributed by atoms with Gasteiger partial charge in [-0.1, -0.05) is 6.58 Å². The summed E-state index contributed by atoms with van der Waals surface area (Å²) in [6, 6.07) is 9.75. The van der Waals surface area contributed by atoms with E-state index in [1.807, 2.05) is 43.6 Å². The van der Waals surface area contributed by atoms with Crippen LogP contribution in [-0.4, -0.2) is 31.6 Å². The van der Waals surface area contributed by atoms with Crippen LogP contribution in [-0.2, 0) is 0 Å². The van der Waals surface area contributed by atoms with Gasteiger partial charge in [-0.15, -0.1) is 5.10 Å². The van der Waals surface area contributed by atoms with Crippen molar-refractivity contribution in [2.24, 2.45) is 0 Å². The molecular weight excluding hydrogens is 326 g/mol. The lowest BCUT2D eigenvalue weighted by atomic mass is 10.1. The van der Waals surface area contributed by atoms with Gasteiger partial charge in [0.25, 0.3) is 0 Å². The number of anilines is 1. The molecule has 0 bridgehead atoms. The Morgan fingerprint density at radius 1 is 1.19 bits per heavy atom. The topological polar surface area (TPSA) is 80.0 Å². The molecule has 0 fully saturated rings. The van der Waals surface area contributed by atoms with Crippen molar-refractivity contribution < 1.29 is 1.43 Å². The first-order valence-electron chi connectivity index (χ1n) is 8.12. The van der Waals surface area contributed by atoms with Crippen molar-refractivity contribution >= 4 is 22.5 Å². The van der Waals surface area contributed by atoms with E-state index in [9.17, 15) is 0 Å². The normalized spacial score (nSPS) is 11.7. The lowest BCUT2D eigenvalue weighted by molar-refractivity contribution is 0.908. The van der Waals surface area contributed by atoms with Crippen LogP contribution in [0.5, 0.6) is 0 Å². The number of fused-ring (bicyclic) bond motifs is 2. The molecule has 26 heavy (non-hydrogen) atoms. The van der Waals surface area contributed by atoms with E-state index < -0.39 is 0 Å². The summed E-state index contributed by atoms with van der Waals surface area (Å²) in [5.74, 6) is 0.483. The third-order valence-corrected chi connectivity index (χ3v) is 3.92. The average Bonchev–Trinajstić information content (AvgIpc) is 3.10. The van der Waals surface area contributed by atoms with Crippen molar-refractivity contribution in [1.82, 2.24) is 29.9 Å². The highest BCUT2D eigenvalue weighted by Gasteiger charge is 2.10. The minimum Gasteiger partial charge on any atom is -0.392 e. The van der Waals surface area contributed by atoms with Crippen LogP contribution >= 0.6 is 0 Å². The van der Waals surface area contributed by atoms with Crippen molar-refractivity contribution in [1.29, 1.82) is 0 Å². The number of nitrogens with one attached hydrogen (secondary N) is 2. The van der Waals surface area contributed by atoms with Crippen molar-refractivity contribution in [2.45, 2.75) is 0 Å². The highest BCUT2D eigenvalue weighted by molar-refractivity contribution is 5.83. The highest BCUT2D eigenvalue weighted by Crippen LogP contribution is 2.25. The second-order valence-electron chi connectivity index (χ2n) is 5.60. The van der Waals surface area contributed by atoms with Gasteiger partial charge in [-0.2, -0.15) is 0 Å². The molecule has 0 radical (unpaired) electrons. The zero-order valence-electron chi connectivity index (χ0n) is 14.2. The van der Waals surface area contributed by atoms with Crippen LogP contribution in [0.3, 0.4) is 0 Å². The summed E-state index contributed by atoms with van der Waals surface area (Å²) < 4.78 is 1.78. The molecule has 0 unspecified atom stereocenters. The van der Waals surface area contributed by atoms with E-state index in [1.165, 1.54) is 0 Å². The molecular formula is C19H19N7. The van der Waals surface area contributed by atoms with Crippen LogP contribution in [0.15, 0.2) is 73.5 Å². The van der Waals surface area contributed by atoms with E-state index in [0.29, 0.717) is 5.95 Å². The lowest BCUT2D eigenvalue weighted by Crippen LogP contribution is -2.07. The van der Waals surface area contributed by atoms with Gasteiger partial charge in [0.2, 0.25) is 5.95 Å². The first-order chi connectivity index (χ1) is 12.8. The maximum absolute atomic E-state index is 4.70. The molecule has 4 aromatic rings. The Bertz CT molecular complexity index is 1130. The minimum atomic E-state index is 0. The van der Waals surface area contributed by atoms with E-state index in [-0.39, 0.29) is 1.43 Å². The highest BCUT2D eigenvalue weighted by atomic mass is 15.3. The third kappa shape index (κ3) is 2.86. The fourth-order valence-corrected chi connectivity index (χ4v) is 2.71. The zero-order valence-corrected chi connectivity index (χ0v) is 14.2. The number of aromatic nitrogens is 5. The summed E-state index contributed by atoms with van der Waals surface area (Å²) in [6.07, 6.45) is 8.91. The maximum Gasteiger partial charge on any atom is 0.245 e. The third-order valence-electron chi connectivity index (χ3n) is 3.92. The van der Waals surface area contributed by atoms with Crippen molar-refractivity contribution in [3.8, 4) is 11.3 Å². The molecule has 4 rings (SSSR count). The molecule has 0 amide bonds. The summed E-state index contributed by atoms with van der Waals surface area (Å²) in [5, 5.41) is 10.5. The Morgan fingerprint density at radius 2 is 2.12 bits per heavy atom. The standard InChI is InChI=1S/C19H17N7.H2/c1-3-13(11-20-2)23-19-22-12-18-14(8-10-26(18)25-19)15-6-7-16-17(24-15)5-4-9-21-16;/h3-12,20H,1H2,2H3,(H,23,25);1H/b13-11+;. The molecule has 0 aromatic carbocycles. The van der Waals surface area contributed by atoms with Crippen LogP contribution < -0.4 is 10.6 Å². The maximum atomic E-state index is 4.70. The van der Waals surface area contributed by atoms with Gasteiger partial charge in [0.1, 0.15) is 0 Å². The van der Waals surface area contributed by atoms with E-state index in [4.69, 9.17) is 4.98 Å². The number of nitrogens with zero attached hydrogens (tertiary/aromatic N) is 5. The fourth-order valence-electron chi connectivity index (χ4n) is 2.71. The summed E-state index contributed by atoms with van der Waals surface area (Å²) in [6.45, 7) is 3.76. The molecule has 4 heterocycles. The quantitative estimate of drug-likeness (QED) is 0.541. The molecule has 4 aromatic heterocycles. The van der Waals surface area contributed by atoms with Crippen LogP contribution in [0, 0.1) is 0 Å². The van der Waals surface area contributed by atoms with E-state index in [0.717, 1.165) is 33.5 Å². The summed E-state index contributed by atoms with van der Waals surface area (Å²) in [4.78, 5) is 13.4. The lowest BCUT2D eigenvalue weighted by Gasteiger charge is -2.06. The Morgan fingerprint density at radius 3 is 2.96 bits per heavy atom. The summed E-state index contributed by atoms with van der Waals surface area (Å²) >= 11 is 0. The van der Waals surface area contributed by atoms with E-state index in [1.54, 1.807) is 29.2 Å². The molecule has 2 N–H and O–H groups in total. The van der Waals surface area contributed by atoms with Gasteiger partial charge in [0.15, 0.2) is 0 Å². The molecule has 0 aliphatic carbocycles. The van der Waals surface area contributed by atoms with Gasteiger partial charge >= 0.3 is 0 Å². The van der Waals surface area contributed by atoms with Crippen molar-refractivity contribution in [3.63, 3.8) is 0 Å². The molecule has 0 aliphatic heterocycles. The van der Waals surface area contributed by atoms with Gasteiger partial charge in [0.05, 0.1) is 34.1 Å². The van der Waals surface area contributed by atoms with Gasteiger partial charge in [0, 0.05) is 32.6 Å². The number of pyridine rings is 2. The summed E-state index contributed by atoms with van der Waals surface area (Å²) in [5.41, 5.74) is 5.22. The Balaban J connectivity index is 0.00000210. The number of hydrogen-bond donors (Lipinski definition) is 2. The molecule has 7 heteroatoms. The molecule has 0 atom stereocenters. The van der Waals surface area contributed by atoms with Crippen LogP contribution in [0.25, 0.3) is 27.8 Å². The number of allylic oxidation sites excluding steroid dienone is 1. The van der Waals surface area contributed by atoms with Gasteiger partial charge in [-0.05, 0) is 36.4 Å². The molecule has 0 saturated heterocycles. The number of hydrogen-bond acceptors (Lipinski definition) is 6. The van der Waals surface area contributed by atoms with E-state index in [2.05, 4.69) is 32.3 Å². The minimum absolute atomic E-state index is 0. The SMILES string of the molecule is C=C/C(=C\NC)Nc1ncc2c(-c3ccc4ncccc4n3)ccn2n1.[HH].